The minimum atomic E-state index is -1.05. The molecule has 5 heteroatoms. The lowest BCUT2D eigenvalue weighted by Gasteiger charge is -2.20. The Bertz CT molecular complexity index is 300. The molecule has 0 aromatic rings. The highest BCUT2D eigenvalue weighted by Gasteiger charge is 2.40. The van der Waals surface area contributed by atoms with Crippen molar-refractivity contribution in [3.8, 4) is 0 Å². The SMILES string of the molecule is CCCCCCCCCCCCCCO[C@H]1CO[C@@H]([C@H](O)CO)[C@H]1O. The Morgan fingerprint density at radius 2 is 1.44 bits per heavy atom. The molecule has 5 nitrogen and oxygen atoms in total. The molecular weight excluding hydrogens is 320 g/mol. The molecule has 0 amide bonds. The molecule has 1 fully saturated rings. The van der Waals surface area contributed by atoms with Crippen LogP contribution in [0.3, 0.4) is 0 Å². The van der Waals surface area contributed by atoms with Crippen LogP contribution in [-0.2, 0) is 9.47 Å². The van der Waals surface area contributed by atoms with Gasteiger partial charge in [-0.3, -0.25) is 0 Å². The summed E-state index contributed by atoms with van der Waals surface area (Å²) in [4.78, 5) is 0. The van der Waals surface area contributed by atoms with Crippen molar-refractivity contribution in [1.29, 1.82) is 0 Å². The second-order valence-electron chi connectivity index (χ2n) is 7.34. The molecule has 0 radical (unpaired) electrons. The van der Waals surface area contributed by atoms with Crippen LogP contribution in [0, 0.1) is 0 Å². The first-order chi connectivity index (χ1) is 12.2. The molecular formula is C20H40O5. The molecule has 1 saturated heterocycles. The third-order valence-electron chi connectivity index (χ3n) is 5.07. The van der Waals surface area contributed by atoms with Crippen molar-refractivity contribution in [1.82, 2.24) is 0 Å². The molecule has 0 aliphatic carbocycles. The topological polar surface area (TPSA) is 79.2 Å². The number of hydrogen-bond donors (Lipinski definition) is 3. The average Bonchev–Trinajstić information content (AvgIpc) is 2.99. The Hall–Kier alpha value is -0.200. The van der Waals surface area contributed by atoms with E-state index < -0.39 is 24.9 Å². The van der Waals surface area contributed by atoms with E-state index >= 15 is 0 Å². The third-order valence-corrected chi connectivity index (χ3v) is 5.07. The van der Waals surface area contributed by atoms with Crippen LogP contribution in [0.4, 0.5) is 0 Å². The van der Waals surface area contributed by atoms with E-state index in [1.165, 1.54) is 64.2 Å². The Balaban J connectivity index is 1.86. The first-order valence-corrected chi connectivity index (χ1v) is 10.4. The van der Waals surface area contributed by atoms with Crippen molar-refractivity contribution in [2.24, 2.45) is 0 Å². The van der Waals surface area contributed by atoms with Crippen LogP contribution in [0.15, 0.2) is 0 Å². The van der Waals surface area contributed by atoms with Gasteiger partial charge in [0.2, 0.25) is 0 Å². The summed E-state index contributed by atoms with van der Waals surface area (Å²) in [5, 5.41) is 28.5. The van der Waals surface area contributed by atoms with Crippen LogP contribution in [0.5, 0.6) is 0 Å². The van der Waals surface area contributed by atoms with Gasteiger partial charge in [-0.15, -0.1) is 0 Å². The maximum Gasteiger partial charge on any atom is 0.114 e. The lowest BCUT2D eigenvalue weighted by Crippen LogP contribution is -2.41. The molecule has 0 unspecified atom stereocenters. The number of hydrogen-bond acceptors (Lipinski definition) is 5. The number of rotatable bonds is 16. The van der Waals surface area contributed by atoms with Crippen LogP contribution in [-0.4, -0.2) is 59.6 Å². The lowest BCUT2D eigenvalue weighted by atomic mass is 10.1. The third kappa shape index (κ3) is 9.90. The van der Waals surface area contributed by atoms with E-state index in [2.05, 4.69) is 6.92 Å². The van der Waals surface area contributed by atoms with Crippen molar-refractivity contribution < 1.29 is 24.8 Å². The molecule has 1 heterocycles. The number of aliphatic hydroxyl groups excluding tert-OH is 3. The van der Waals surface area contributed by atoms with Gasteiger partial charge in [0.25, 0.3) is 0 Å². The molecule has 0 bridgehead atoms. The number of aliphatic hydroxyl groups is 3. The van der Waals surface area contributed by atoms with Gasteiger partial charge in [-0.2, -0.15) is 0 Å². The largest absolute Gasteiger partial charge is 0.394 e. The van der Waals surface area contributed by atoms with Crippen molar-refractivity contribution in [2.75, 3.05) is 19.8 Å². The predicted molar refractivity (Wildman–Crippen MR) is 99.7 cm³/mol. The summed E-state index contributed by atoms with van der Waals surface area (Å²) in [6.45, 7) is 2.74. The van der Waals surface area contributed by atoms with Gasteiger partial charge >= 0.3 is 0 Å². The molecule has 3 N–H and O–H groups in total. The van der Waals surface area contributed by atoms with Gasteiger partial charge in [0.1, 0.15) is 24.4 Å². The Morgan fingerprint density at radius 1 is 0.920 bits per heavy atom. The quantitative estimate of drug-likeness (QED) is 0.368. The molecule has 0 saturated carbocycles. The van der Waals surface area contributed by atoms with E-state index in [0.717, 1.165) is 12.8 Å². The van der Waals surface area contributed by atoms with Crippen molar-refractivity contribution in [3.05, 3.63) is 0 Å². The lowest BCUT2D eigenvalue weighted by molar-refractivity contribution is -0.0730. The minimum absolute atomic E-state index is 0.279. The fraction of sp³-hybridized carbons (Fsp3) is 1.00. The molecule has 1 aliphatic heterocycles. The Labute approximate surface area is 153 Å². The molecule has 150 valence electrons. The molecule has 25 heavy (non-hydrogen) atoms. The van der Waals surface area contributed by atoms with Crippen molar-refractivity contribution >= 4 is 0 Å². The number of ether oxygens (including phenoxy) is 2. The first-order valence-electron chi connectivity index (χ1n) is 10.4. The zero-order valence-electron chi connectivity index (χ0n) is 16.1. The zero-order valence-corrected chi connectivity index (χ0v) is 16.1. The van der Waals surface area contributed by atoms with Gasteiger partial charge in [-0.05, 0) is 6.42 Å². The monoisotopic (exact) mass is 360 g/mol. The maximum absolute atomic E-state index is 10.0. The second kappa shape index (κ2) is 14.9. The van der Waals surface area contributed by atoms with Crippen molar-refractivity contribution in [3.63, 3.8) is 0 Å². The highest BCUT2D eigenvalue weighted by Crippen LogP contribution is 2.20. The molecule has 0 spiro atoms. The number of unbranched alkanes of at least 4 members (excludes halogenated alkanes) is 11. The van der Waals surface area contributed by atoms with Crippen LogP contribution in [0.1, 0.15) is 84.0 Å². The minimum Gasteiger partial charge on any atom is -0.394 e. The summed E-state index contributed by atoms with van der Waals surface area (Å²) in [7, 11) is 0. The van der Waals surface area contributed by atoms with E-state index in [0.29, 0.717) is 6.61 Å². The maximum atomic E-state index is 10.0. The predicted octanol–water partition coefficient (Wildman–Crippen LogP) is 3.19. The smallest absolute Gasteiger partial charge is 0.114 e. The normalized spacial score (nSPS) is 24.7. The van der Waals surface area contributed by atoms with Gasteiger partial charge in [0, 0.05) is 6.61 Å². The van der Waals surface area contributed by atoms with Gasteiger partial charge in [-0.1, -0.05) is 77.6 Å². The van der Waals surface area contributed by atoms with E-state index in [9.17, 15) is 10.2 Å². The second-order valence-corrected chi connectivity index (χ2v) is 7.34. The molecule has 1 rings (SSSR count). The summed E-state index contributed by atoms with van der Waals surface area (Å²) in [6.07, 6.45) is 12.6. The van der Waals surface area contributed by atoms with E-state index in [1.807, 2.05) is 0 Å². The summed E-state index contributed by atoms with van der Waals surface area (Å²) in [5.74, 6) is 0. The van der Waals surface area contributed by atoms with Crippen LogP contribution in [0.2, 0.25) is 0 Å². The fourth-order valence-electron chi connectivity index (χ4n) is 3.38. The zero-order chi connectivity index (χ0) is 18.3. The Kier molecular flexibility index (Phi) is 13.6. The standard InChI is InChI=1S/C20H40O5/c1-2-3-4-5-6-7-8-9-10-11-12-13-14-24-18-16-25-20(19(18)23)17(22)15-21/h17-23H,2-16H2,1H3/t17-,18+,19+,20+/m1/s1. The molecule has 0 aromatic carbocycles. The summed E-state index contributed by atoms with van der Waals surface area (Å²) in [5.41, 5.74) is 0. The molecule has 1 aliphatic rings. The van der Waals surface area contributed by atoms with Gasteiger partial charge in [-0.25, -0.2) is 0 Å². The van der Waals surface area contributed by atoms with Crippen LogP contribution < -0.4 is 0 Å². The van der Waals surface area contributed by atoms with E-state index in [4.69, 9.17) is 14.6 Å². The summed E-state index contributed by atoms with van der Waals surface area (Å²) in [6, 6.07) is 0. The van der Waals surface area contributed by atoms with Gasteiger partial charge < -0.3 is 24.8 Å². The van der Waals surface area contributed by atoms with Crippen LogP contribution in [0.25, 0.3) is 0 Å². The molecule has 4 atom stereocenters. The average molecular weight is 361 g/mol. The van der Waals surface area contributed by atoms with Crippen molar-refractivity contribution in [2.45, 2.75) is 108 Å². The fourth-order valence-corrected chi connectivity index (χ4v) is 3.38. The van der Waals surface area contributed by atoms with Gasteiger partial charge in [0.05, 0.1) is 13.2 Å². The van der Waals surface area contributed by atoms with E-state index in [1.54, 1.807) is 0 Å². The van der Waals surface area contributed by atoms with Gasteiger partial charge in [0.15, 0.2) is 0 Å². The molecule has 0 aromatic heterocycles. The summed E-state index contributed by atoms with van der Waals surface area (Å²) < 4.78 is 11.0. The van der Waals surface area contributed by atoms with Crippen LogP contribution >= 0.6 is 0 Å². The highest BCUT2D eigenvalue weighted by molar-refractivity contribution is 4.88. The van der Waals surface area contributed by atoms with E-state index in [-0.39, 0.29) is 12.7 Å². The highest BCUT2D eigenvalue weighted by atomic mass is 16.6. The Morgan fingerprint density at radius 3 is 1.96 bits per heavy atom. The first kappa shape index (κ1) is 22.8. The summed E-state index contributed by atoms with van der Waals surface area (Å²) >= 11 is 0.